The second-order valence-corrected chi connectivity index (χ2v) is 6.64. The summed E-state index contributed by atoms with van der Waals surface area (Å²) < 4.78 is 0.971. The SMILES string of the molecule is C=C/C=C(\C=C)c1cc(-c2cccc(Br)c2)nc(-c2cccc(C#N)c2)n1. The summed E-state index contributed by atoms with van der Waals surface area (Å²) in [5.74, 6) is 0.552. The predicted octanol–water partition coefficient (Wildman–Crippen LogP) is 6.20. The van der Waals surface area contributed by atoms with E-state index < -0.39 is 0 Å². The number of nitrogens with zero attached hydrogens (tertiary/aromatic N) is 3. The van der Waals surface area contributed by atoms with E-state index >= 15 is 0 Å². The van der Waals surface area contributed by atoms with Crippen molar-refractivity contribution < 1.29 is 0 Å². The molecular weight excluding hydrogens is 398 g/mol. The molecule has 27 heavy (non-hydrogen) atoms. The first-order valence-corrected chi connectivity index (χ1v) is 9.05. The lowest BCUT2D eigenvalue weighted by molar-refractivity contribution is 1.16. The summed E-state index contributed by atoms with van der Waals surface area (Å²) >= 11 is 3.51. The van der Waals surface area contributed by atoms with Crippen molar-refractivity contribution in [3.8, 4) is 28.7 Å². The van der Waals surface area contributed by atoms with Gasteiger partial charge < -0.3 is 0 Å². The Morgan fingerprint density at radius 1 is 1.00 bits per heavy atom. The molecule has 1 aromatic heterocycles. The highest BCUT2D eigenvalue weighted by molar-refractivity contribution is 9.10. The molecule has 0 amide bonds. The van der Waals surface area contributed by atoms with Gasteiger partial charge in [-0.15, -0.1) is 0 Å². The van der Waals surface area contributed by atoms with Gasteiger partial charge in [0.05, 0.1) is 23.0 Å². The molecule has 0 aliphatic carbocycles. The van der Waals surface area contributed by atoms with Crippen molar-refractivity contribution >= 4 is 21.5 Å². The van der Waals surface area contributed by atoms with E-state index in [1.807, 2.05) is 48.5 Å². The molecule has 0 spiro atoms. The number of halogens is 1. The van der Waals surface area contributed by atoms with Gasteiger partial charge in [-0.2, -0.15) is 5.26 Å². The van der Waals surface area contributed by atoms with Crippen LogP contribution in [0.3, 0.4) is 0 Å². The van der Waals surface area contributed by atoms with Gasteiger partial charge in [0.1, 0.15) is 0 Å². The van der Waals surface area contributed by atoms with Crippen molar-refractivity contribution in [3.05, 3.63) is 102 Å². The number of rotatable bonds is 5. The topological polar surface area (TPSA) is 49.6 Å². The number of allylic oxidation sites excluding steroid dienone is 4. The van der Waals surface area contributed by atoms with Crippen LogP contribution in [-0.2, 0) is 0 Å². The molecule has 3 aromatic rings. The minimum absolute atomic E-state index is 0.552. The van der Waals surface area contributed by atoms with Crippen molar-refractivity contribution in [2.45, 2.75) is 0 Å². The van der Waals surface area contributed by atoms with E-state index in [1.54, 1.807) is 24.3 Å². The Kier molecular flexibility index (Phi) is 5.75. The van der Waals surface area contributed by atoms with Gasteiger partial charge in [0.2, 0.25) is 0 Å². The van der Waals surface area contributed by atoms with Crippen molar-refractivity contribution in [2.75, 3.05) is 0 Å². The van der Waals surface area contributed by atoms with E-state index in [4.69, 9.17) is 9.97 Å². The minimum Gasteiger partial charge on any atom is -0.228 e. The molecule has 0 aliphatic rings. The minimum atomic E-state index is 0.552. The summed E-state index contributed by atoms with van der Waals surface area (Å²) in [5, 5.41) is 9.19. The largest absolute Gasteiger partial charge is 0.228 e. The Bertz CT molecular complexity index is 1090. The molecule has 4 heteroatoms. The second-order valence-electron chi connectivity index (χ2n) is 5.73. The normalized spacial score (nSPS) is 10.9. The van der Waals surface area contributed by atoms with Crippen LogP contribution < -0.4 is 0 Å². The third-order valence-electron chi connectivity index (χ3n) is 3.91. The molecule has 0 saturated heterocycles. The van der Waals surface area contributed by atoms with E-state index in [9.17, 15) is 5.26 Å². The second kappa shape index (κ2) is 8.39. The van der Waals surface area contributed by atoms with Crippen LogP contribution in [0.4, 0.5) is 0 Å². The van der Waals surface area contributed by atoms with Gasteiger partial charge >= 0.3 is 0 Å². The zero-order chi connectivity index (χ0) is 19.2. The van der Waals surface area contributed by atoms with E-state index in [1.165, 1.54) is 0 Å². The summed E-state index contributed by atoms with van der Waals surface area (Å²) in [6.07, 6.45) is 5.30. The third-order valence-corrected chi connectivity index (χ3v) is 4.40. The first kappa shape index (κ1) is 18.5. The molecule has 2 aromatic carbocycles. The lowest BCUT2D eigenvalue weighted by Crippen LogP contribution is -1.98. The van der Waals surface area contributed by atoms with Crippen LogP contribution in [0.2, 0.25) is 0 Å². The zero-order valence-electron chi connectivity index (χ0n) is 14.6. The Balaban J connectivity index is 2.25. The zero-order valence-corrected chi connectivity index (χ0v) is 16.1. The maximum absolute atomic E-state index is 9.19. The molecule has 0 saturated carbocycles. The molecule has 130 valence electrons. The number of hydrogen-bond acceptors (Lipinski definition) is 3. The maximum Gasteiger partial charge on any atom is 0.160 e. The highest BCUT2D eigenvalue weighted by Crippen LogP contribution is 2.27. The molecule has 0 aliphatic heterocycles. The van der Waals surface area contributed by atoms with Gasteiger partial charge in [-0.05, 0) is 35.9 Å². The van der Waals surface area contributed by atoms with Gasteiger partial charge in [0.25, 0.3) is 0 Å². The van der Waals surface area contributed by atoms with E-state index in [2.05, 4.69) is 35.2 Å². The number of benzene rings is 2. The number of hydrogen-bond donors (Lipinski definition) is 0. The molecule has 1 heterocycles. The van der Waals surface area contributed by atoms with Crippen molar-refractivity contribution in [3.63, 3.8) is 0 Å². The maximum atomic E-state index is 9.19. The standard InChI is InChI=1S/C23H16BrN3/c1-3-7-17(4-2)21-14-22(18-9-6-11-20(24)13-18)27-23(26-21)19-10-5-8-16(12-19)15-25/h3-14H,1-2H2/b17-7+. The molecule has 0 N–H and O–H groups in total. The fraction of sp³-hybridized carbons (Fsp3) is 0. The van der Waals surface area contributed by atoms with Gasteiger partial charge in [-0.1, -0.05) is 71.6 Å². The van der Waals surface area contributed by atoms with Crippen molar-refractivity contribution in [1.82, 2.24) is 9.97 Å². The summed E-state index contributed by atoms with van der Waals surface area (Å²) in [7, 11) is 0. The van der Waals surface area contributed by atoms with E-state index in [0.717, 1.165) is 32.6 Å². The van der Waals surface area contributed by atoms with Crippen molar-refractivity contribution in [2.24, 2.45) is 0 Å². The monoisotopic (exact) mass is 413 g/mol. The van der Waals surface area contributed by atoms with Crippen molar-refractivity contribution in [1.29, 1.82) is 5.26 Å². The quantitative estimate of drug-likeness (QED) is 0.467. The number of aromatic nitrogens is 2. The molecule has 0 radical (unpaired) electrons. The fourth-order valence-corrected chi connectivity index (χ4v) is 3.03. The molecule has 3 rings (SSSR count). The van der Waals surface area contributed by atoms with Crippen LogP contribution in [0.5, 0.6) is 0 Å². The summed E-state index contributed by atoms with van der Waals surface area (Å²) in [6.45, 7) is 7.63. The van der Waals surface area contributed by atoms with Crippen LogP contribution in [0.25, 0.3) is 28.2 Å². The van der Waals surface area contributed by atoms with Gasteiger partial charge in [-0.3, -0.25) is 0 Å². The molecule has 3 nitrogen and oxygen atoms in total. The van der Waals surface area contributed by atoms with Crippen LogP contribution in [0.1, 0.15) is 11.3 Å². The van der Waals surface area contributed by atoms with Crippen LogP contribution in [0.15, 0.2) is 90.5 Å². The smallest absolute Gasteiger partial charge is 0.160 e. The van der Waals surface area contributed by atoms with Gasteiger partial charge in [-0.25, -0.2) is 9.97 Å². The Morgan fingerprint density at radius 3 is 2.48 bits per heavy atom. The first-order chi connectivity index (χ1) is 13.1. The third kappa shape index (κ3) is 4.28. The molecular formula is C23H16BrN3. The van der Waals surface area contributed by atoms with E-state index in [-0.39, 0.29) is 0 Å². The molecule has 0 atom stereocenters. The highest BCUT2D eigenvalue weighted by atomic mass is 79.9. The Hall–Kier alpha value is -3.29. The van der Waals surface area contributed by atoms with Gasteiger partial charge in [0.15, 0.2) is 5.82 Å². The summed E-state index contributed by atoms with van der Waals surface area (Å²) in [5.41, 5.74) is 4.70. The Morgan fingerprint density at radius 2 is 1.78 bits per heavy atom. The van der Waals surface area contributed by atoms with Crippen LogP contribution >= 0.6 is 15.9 Å². The lowest BCUT2D eigenvalue weighted by atomic mass is 10.1. The highest BCUT2D eigenvalue weighted by Gasteiger charge is 2.11. The average Bonchev–Trinajstić information content (AvgIpc) is 2.71. The van der Waals surface area contributed by atoms with Gasteiger partial charge in [0, 0.05) is 15.6 Å². The number of nitriles is 1. The average molecular weight is 414 g/mol. The van der Waals surface area contributed by atoms with Crippen LogP contribution in [-0.4, -0.2) is 9.97 Å². The predicted molar refractivity (Wildman–Crippen MR) is 114 cm³/mol. The van der Waals surface area contributed by atoms with E-state index in [0.29, 0.717) is 11.4 Å². The fourth-order valence-electron chi connectivity index (χ4n) is 2.63. The Labute approximate surface area is 167 Å². The van der Waals surface area contributed by atoms with Crippen LogP contribution in [0, 0.1) is 11.3 Å². The lowest BCUT2D eigenvalue weighted by Gasteiger charge is -2.10. The molecule has 0 unspecified atom stereocenters. The molecule has 0 fully saturated rings. The molecule has 0 bridgehead atoms. The summed E-state index contributed by atoms with van der Waals surface area (Å²) in [4.78, 5) is 9.44. The first-order valence-electron chi connectivity index (χ1n) is 8.25. The summed E-state index contributed by atoms with van der Waals surface area (Å²) in [6, 6.07) is 19.3.